The van der Waals surface area contributed by atoms with E-state index in [0.29, 0.717) is 11.0 Å². The van der Waals surface area contributed by atoms with E-state index in [4.69, 9.17) is 17.0 Å². The molecule has 2 N–H and O–H groups in total. The zero-order valence-corrected chi connectivity index (χ0v) is 18.6. The number of anilines is 1. The van der Waals surface area contributed by atoms with Gasteiger partial charge >= 0.3 is 0 Å². The van der Waals surface area contributed by atoms with Crippen LogP contribution in [-0.4, -0.2) is 23.1 Å². The summed E-state index contributed by atoms with van der Waals surface area (Å²) >= 11 is 6.63. The Bertz CT molecular complexity index is 1040. The molecule has 154 valence electrons. The Hall–Kier alpha value is -3.03. The van der Waals surface area contributed by atoms with E-state index in [1.807, 2.05) is 41.8 Å². The third-order valence-corrected chi connectivity index (χ3v) is 5.34. The van der Waals surface area contributed by atoms with E-state index in [1.54, 1.807) is 13.2 Å². The maximum atomic E-state index is 12.1. The summed E-state index contributed by atoms with van der Waals surface area (Å²) in [7, 11) is 1.63. The standard InChI is InChI=1S/C23H23N3O2S2/c1-15(2)17-7-4-16(5-8-17)6-13-21(27)25-22(29)26-23-24-20(14-30-23)18-9-11-19(28-3)12-10-18/h4-15H,1-3H3,(H2,24,25,26,27,29)/b13-6+. The Balaban J connectivity index is 1.53. The smallest absolute Gasteiger partial charge is 0.250 e. The van der Waals surface area contributed by atoms with Crippen LogP contribution in [0.3, 0.4) is 0 Å². The second kappa shape index (κ2) is 10.1. The van der Waals surface area contributed by atoms with Gasteiger partial charge in [0.1, 0.15) is 5.75 Å². The van der Waals surface area contributed by atoms with Crippen LogP contribution in [0, 0.1) is 0 Å². The molecule has 0 saturated heterocycles. The fraction of sp³-hybridized carbons (Fsp3) is 0.174. The van der Waals surface area contributed by atoms with E-state index < -0.39 is 0 Å². The number of rotatable bonds is 6. The molecule has 0 unspecified atom stereocenters. The van der Waals surface area contributed by atoms with Crippen molar-refractivity contribution in [2.45, 2.75) is 19.8 Å². The summed E-state index contributed by atoms with van der Waals surface area (Å²) < 4.78 is 5.17. The van der Waals surface area contributed by atoms with Crippen LogP contribution in [0.1, 0.15) is 30.9 Å². The van der Waals surface area contributed by atoms with Crippen LogP contribution in [0.25, 0.3) is 17.3 Å². The summed E-state index contributed by atoms with van der Waals surface area (Å²) in [6, 6.07) is 15.8. The van der Waals surface area contributed by atoms with Gasteiger partial charge in [0, 0.05) is 17.0 Å². The lowest BCUT2D eigenvalue weighted by Gasteiger charge is -2.05. The van der Waals surface area contributed by atoms with Gasteiger partial charge in [-0.3, -0.25) is 10.1 Å². The zero-order chi connectivity index (χ0) is 21.5. The number of amides is 1. The Morgan fingerprint density at radius 2 is 1.83 bits per heavy atom. The fourth-order valence-electron chi connectivity index (χ4n) is 2.67. The van der Waals surface area contributed by atoms with Gasteiger partial charge in [-0.1, -0.05) is 38.1 Å². The lowest BCUT2D eigenvalue weighted by molar-refractivity contribution is -0.115. The van der Waals surface area contributed by atoms with Crippen molar-refractivity contribution < 1.29 is 9.53 Å². The van der Waals surface area contributed by atoms with Gasteiger partial charge in [0.2, 0.25) is 5.91 Å². The van der Waals surface area contributed by atoms with Crippen molar-refractivity contribution in [3.63, 3.8) is 0 Å². The predicted molar refractivity (Wildman–Crippen MR) is 128 cm³/mol. The lowest BCUT2D eigenvalue weighted by atomic mass is 10.0. The number of methoxy groups -OCH3 is 1. The number of carbonyl (C=O) groups is 1. The van der Waals surface area contributed by atoms with E-state index >= 15 is 0 Å². The lowest BCUT2D eigenvalue weighted by Crippen LogP contribution is -2.32. The van der Waals surface area contributed by atoms with E-state index in [2.05, 4.69) is 41.6 Å². The molecule has 0 aliphatic heterocycles. The molecule has 5 nitrogen and oxygen atoms in total. The number of hydrogen-bond acceptors (Lipinski definition) is 5. The van der Waals surface area contributed by atoms with Crippen LogP contribution in [0.4, 0.5) is 5.13 Å². The largest absolute Gasteiger partial charge is 0.497 e. The first kappa shape index (κ1) is 21.7. The zero-order valence-electron chi connectivity index (χ0n) is 17.0. The number of thiocarbonyl (C=S) groups is 1. The Morgan fingerprint density at radius 1 is 1.13 bits per heavy atom. The molecule has 3 aromatic rings. The highest BCUT2D eigenvalue weighted by Gasteiger charge is 2.08. The number of carbonyl (C=O) groups excluding carboxylic acids is 1. The Labute approximate surface area is 185 Å². The highest BCUT2D eigenvalue weighted by Crippen LogP contribution is 2.26. The molecule has 0 aliphatic carbocycles. The molecule has 0 spiro atoms. The molecule has 2 aromatic carbocycles. The van der Waals surface area contributed by atoms with Gasteiger partial charge in [-0.15, -0.1) is 11.3 Å². The molecule has 0 atom stereocenters. The third kappa shape index (κ3) is 5.98. The molecule has 0 aliphatic rings. The number of nitrogens with one attached hydrogen (secondary N) is 2. The van der Waals surface area contributed by atoms with Gasteiger partial charge in [0.25, 0.3) is 0 Å². The van der Waals surface area contributed by atoms with E-state index in [0.717, 1.165) is 22.6 Å². The van der Waals surface area contributed by atoms with Crippen molar-refractivity contribution in [2.24, 2.45) is 0 Å². The molecule has 1 aromatic heterocycles. The number of thiazole rings is 1. The number of hydrogen-bond donors (Lipinski definition) is 2. The first-order chi connectivity index (χ1) is 14.4. The van der Waals surface area contributed by atoms with Crippen molar-refractivity contribution in [1.29, 1.82) is 0 Å². The molecule has 3 rings (SSSR count). The molecule has 30 heavy (non-hydrogen) atoms. The van der Waals surface area contributed by atoms with Crippen molar-refractivity contribution in [2.75, 3.05) is 12.4 Å². The van der Waals surface area contributed by atoms with Crippen molar-refractivity contribution in [3.8, 4) is 17.0 Å². The van der Waals surface area contributed by atoms with Crippen LogP contribution in [0.5, 0.6) is 5.75 Å². The summed E-state index contributed by atoms with van der Waals surface area (Å²) in [4.78, 5) is 16.6. The summed E-state index contributed by atoms with van der Waals surface area (Å²) in [6.07, 6.45) is 3.22. The van der Waals surface area contributed by atoms with Gasteiger partial charge in [-0.05, 0) is 59.6 Å². The Kier molecular flexibility index (Phi) is 7.32. The minimum atomic E-state index is -0.299. The summed E-state index contributed by atoms with van der Waals surface area (Å²) in [5.41, 5.74) is 4.02. The average molecular weight is 438 g/mol. The molecular weight excluding hydrogens is 414 g/mol. The molecule has 7 heteroatoms. The van der Waals surface area contributed by atoms with Crippen LogP contribution in [0.15, 0.2) is 60.0 Å². The van der Waals surface area contributed by atoms with Crippen LogP contribution < -0.4 is 15.4 Å². The molecule has 0 radical (unpaired) electrons. The van der Waals surface area contributed by atoms with Gasteiger partial charge in [0.15, 0.2) is 10.2 Å². The number of benzene rings is 2. The first-order valence-electron chi connectivity index (χ1n) is 9.44. The SMILES string of the molecule is COc1ccc(-c2csc(NC(=S)NC(=O)/C=C/c3ccc(C(C)C)cc3)n2)cc1. The molecule has 0 saturated carbocycles. The van der Waals surface area contributed by atoms with E-state index in [-0.39, 0.29) is 11.0 Å². The highest BCUT2D eigenvalue weighted by molar-refractivity contribution is 7.80. The third-order valence-electron chi connectivity index (χ3n) is 4.38. The van der Waals surface area contributed by atoms with E-state index in [9.17, 15) is 4.79 Å². The fourth-order valence-corrected chi connectivity index (χ4v) is 3.66. The topological polar surface area (TPSA) is 63.2 Å². The summed E-state index contributed by atoms with van der Waals surface area (Å²) in [6.45, 7) is 4.29. The van der Waals surface area contributed by atoms with Crippen molar-refractivity contribution in [1.82, 2.24) is 10.3 Å². The normalized spacial score (nSPS) is 10.9. The maximum absolute atomic E-state index is 12.1. The molecule has 0 fully saturated rings. The van der Waals surface area contributed by atoms with Crippen molar-refractivity contribution >= 4 is 45.8 Å². The summed E-state index contributed by atoms with van der Waals surface area (Å²) in [5, 5.41) is 8.33. The minimum absolute atomic E-state index is 0.204. The maximum Gasteiger partial charge on any atom is 0.250 e. The van der Waals surface area contributed by atoms with Gasteiger partial charge in [-0.2, -0.15) is 0 Å². The highest BCUT2D eigenvalue weighted by atomic mass is 32.1. The van der Waals surface area contributed by atoms with Crippen LogP contribution in [-0.2, 0) is 4.79 Å². The van der Waals surface area contributed by atoms with Gasteiger partial charge < -0.3 is 10.1 Å². The van der Waals surface area contributed by atoms with Crippen LogP contribution in [0.2, 0.25) is 0 Å². The first-order valence-corrected chi connectivity index (χ1v) is 10.7. The molecule has 0 bridgehead atoms. The summed E-state index contributed by atoms with van der Waals surface area (Å²) in [5.74, 6) is 0.971. The number of aromatic nitrogens is 1. The predicted octanol–water partition coefficient (Wildman–Crippen LogP) is 5.47. The molecule has 1 heterocycles. The quantitative estimate of drug-likeness (QED) is 0.396. The minimum Gasteiger partial charge on any atom is -0.497 e. The van der Waals surface area contributed by atoms with Gasteiger partial charge in [0.05, 0.1) is 12.8 Å². The second-order valence-electron chi connectivity index (χ2n) is 6.86. The van der Waals surface area contributed by atoms with Crippen molar-refractivity contribution in [3.05, 3.63) is 71.1 Å². The number of ether oxygens (including phenoxy) is 1. The van der Waals surface area contributed by atoms with Crippen LogP contribution >= 0.6 is 23.6 Å². The van der Waals surface area contributed by atoms with E-state index in [1.165, 1.54) is 23.0 Å². The second-order valence-corrected chi connectivity index (χ2v) is 8.13. The average Bonchev–Trinajstić information content (AvgIpc) is 3.20. The molecule has 1 amide bonds. The monoisotopic (exact) mass is 437 g/mol. The molecular formula is C23H23N3O2S2. The number of nitrogens with zero attached hydrogens (tertiary/aromatic N) is 1. The van der Waals surface area contributed by atoms with Gasteiger partial charge in [-0.25, -0.2) is 4.98 Å². The Morgan fingerprint density at radius 3 is 2.47 bits per heavy atom.